The van der Waals surface area contributed by atoms with E-state index in [4.69, 9.17) is 5.21 Å². The molecular formula is C19H32FN5O7. The number of hydrogen-bond acceptors (Lipinski definition) is 7. The Morgan fingerprint density at radius 3 is 2.06 bits per heavy atom. The van der Waals surface area contributed by atoms with E-state index in [1.54, 1.807) is 25.8 Å². The van der Waals surface area contributed by atoms with Gasteiger partial charge in [-0.15, -0.1) is 0 Å². The van der Waals surface area contributed by atoms with Gasteiger partial charge in [0.1, 0.15) is 12.1 Å². The molecule has 0 aliphatic heterocycles. The fraction of sp³-hybridized carbons (Fsp3) is 0.632. The Kier molecular flexibility index (Phi) is 11.5. The molecule has 3 atom stereocenters. The van der Waals surface area contributed by atoms with Gasteiger partial charge >= 0.3 is 5.69 Å². The Morgan fingerprint density at radius 2 is 1.69 bits per heavy atom. The minimum Gasteiger partial charge on any atom is -0.382 e. The summed E-state index contributed by atoms with van der Waals surface area (Å²) in [7, 11) is 1.47. The van der Waals surface area contributed by atoms with Crippen molar-refractivity contribution in [3.63, 3.8) is 0 Å². The average Bonchev–Trinajstić information content (AvgIpc) is 2.70. The van der Waals surface area contributed by atoms with Gasteiger partial charge in [-0.05, 0) is 17.8 Å². The summed E-state index contributed by atoms with van der Waals surface area (Å²) in [6, 6.07) is -0.820. The maximum Gasteiger partial charge on any atom is 0.325 e. The van der Waals surface area contributed by atoms with Crippen molar-refractivity contribution in [3.05, 3.63) is 32.9 Å². The van der Waals surface area contributed by atoms with Gasteiger partial charge in [0.05, 0.1) is 5.92 Å². The van der Waals surface area contributed by atoms with E-state index >= 15 is 0 Å². The third-order valence-corrected chi connectivity index (χ3v) is 4.26. The Balaban J connectivity index is 0.000000879. The topological polar surface area (TPSA) is 193 Å². The Hall–Kier alpha value is -3.06. The number of aliphatic hydroxyl groups excluding tert-OH is 1. The number of amides is 3. The molecule has 0 bridgehead atoms. The molecule has 182 valence electrons. The van der Waals surface area contributed by atoms with Gasteiger partial charge in [-0.2, -0.15) is 4.39 Å². The number of carbonyl (C=O) groups is 3. The molecule has 13 heteroatoms. The van der Waals surface area contributed by atoms with Crippen LogP contribution >= 0.6 is 0 Å². The van der Waals surface area contributed by atoms with E-state index in [1.165, 1.54) is 12.5 Å². The molecule has 0 unspecified atom stereocenters. The number of halogens is 1. The van der Waals surface area contributed by atoms with E-state index < -0.39 is 52.4 Å². The van der Waals surface area contributed by atoms with Gasteiger partial charge in [-0.3, -0.25) is 29.4 Å². The van der Waals surface area contributed by atoms with E-state index in [0.717, 1.165) is 0 Å². The minimum atomic E-state index is -1.70. The fourth-order valence-corrected chi connectivity index (χ4v) is 2.60. The highest BCUT2D eigenvalue weighted by molar-refractivity contribution is 5.92. The van der Waals surface area contributed by atoms with Crippen LogP contribution in [-0.2, 0) is 14.4 Å². The van der Waals surface area contributed by atoms with Crippen molar-refractivity contribution in [2.75, 3.05) is 7.05 Å². The summed E-state index contributed by atoms with van der Waals surface area (Å²) in [5, 5.41) is 23.7. The quantitative estimate of drug-likeness (QED) is 0.200. The van der Waals surface area contributed by atoms with Crippen LogP contribution in [0.4, 0.5) is 4.39 Å². The molecule has 32 heavy (non-hydrogen) atoms. The van der Waals surface area contributed by atoms with Gasteiger partial charge in [0.15, 0.2) is 0 Å². The molecule has 1 aromatic heterocycles. The SMILES string of the molecule is CNC(=O)[C@@H](NC(=O)[C@H](CC(C)C)[C@H](O)C(=O)NO)C(C)(C)C.O=c1[nH]cc(F)c(=O)[nH]1. The molecule has 0 fully saturated rings. The molecule has 7 N–H and O–H groups in total. The number of aromatic amines is 2. The zero-order chi connectivity index (χ0) is 25.2. The highest BCUT2D eigenvalue weighted by Gasteiger charge is 2.38. The first kappa shape index (κ1) is 28.9. The number of carbonyl (C=O) groups excluding carboxylic acids is 3. The van der Waals surface area contributed by atoms with E-state index in [9.17, 15) is 33.5 Å². The van der Waals surface area contributed by atoms with Crippen LogP contribution in [0.3, 0.4) is 0 Å². The van der Waals surface area contributed by atoms with Gasteiger partial charge < -0.3 is 20.7 Å². The lowest BCUT2D eigenvalue weighted by Gasteiger charge is -2.32. The molecule has 0 aliphatic carbocycles. The number of nitrogens with one attached hydrogen (secondary N) is 5. The van der Waals surface area contributed by atoms with Gasteiger partial charge in [-0.25, -0.2) is 10.3 Å². The van der Waals surface area contributed by atoms with Crippen molar-refractivity contribution in [2.24, 2.45) is 17.3 Å². The molecule has 1 heterocycles. The first-order valence-electron chi connectivity index (χ1n) is 9.77. The number of rotatable bonds is 7. The molecule has 0 saturated carbocycles. The molecule has 0 aromatic carbocycles. The van der Waals surface area contributed by atoms with Crippen molar-refractivity contribution in [1.82, 2.24) is 26.1 Å². The van der Waals surface area contributed by atoms with Crippen LogP contribution in [0.25, 0.3) is 0 Å². The summed E-state index contributed by atoms with van der Waals surface area (Å²) in [5.41, 5.74) is -0.919. The van der Waals surface area contributed by atoms with Crippen molar-refractivity contribution < 1.29 is 29.1 Å². The maximum absolute atomic E-state index is 12.5. The summed E-state index contributed by atoms with van der Waals surface area (Å²) in [5.74, 6) is -4.07. The monoisotopic (exact) mass is 461 g/mol. The summed E-state index contributed by atoms with van der Waals surface area (Å²) in [6.45, 7) is 9.05. The highest BCUT2D eigenvalue weighted by Crippen LogP contribution is 2.22. The molecule has 0 aliphatic rings. The van der Waals surface area contributed by atoms with Gasteiger partial charge in [0, 0.05) is 13.2 Å². The average molecular weight is 461 g/mol. The Morgan fingerprint density at radius 1 is 1.12 bits per heavy atom. The molecule has 0 radical (unpaired) electrons. The van der Waals surface area contributed by atoms with Crippen LogP contribution in [0.15, 0.2) is 15.8 Å². The van der Waals surface area contributed by atoms with Crippen LogP contribution in [0.1, 0.15) is 41.0 Å². The zero-order valence-corrected chi connectivity index (χ0v) is 18.9. The smallest absolute Gasteiger partial charge is 0.325 e. The number of likely N-dealkylation sites (N-methyl/N-ethyl adjacent to an activating group) is 1. The molecular weight excluding hydrogens is 429 g/mol. The predicted octanol–water partition coefficient (Wildman–Crippen LogP) is -1.01. The minimum absolute atomic E-state index is 0.0278. The van der Waals surface area contributed by atoms with Crippen molar-refractivity contribution in [1.29, 1.82) is 0 Å². The van der Waals surface area contributed by atoms with Crippen molar-refractivity contribution in [3.8, 4) is 0 Å². The van der Waals surface area contributed by atoms with E-state index in [0.29, 0.717) is 6.20 Å². The fourth-order valence-electron chi connectivity index (χ4n) is 2.60. The largest absolute Gasteiger partial charge is 0.382 e. The van der Waals surface area contributed by atoms with Crippen molar-refractivity contribution in [2.45, 2.75) is 53.2 Å². The molecule has 1 aromatic rings. The van der Waals surface area contributed by atoms with Crippen molar-refractivity contribution >= 4 is 17.7 Å². The normalized spacial score (nSPS) is 13.8. The molecule has 0 spiro atoms. The molecule has 0 saturated heterocycles. The highest BCUT2D eigenvalue weighted by atomic mass is 19.1. The third-order valence-electron chi connectivity index (χ3n) is 4.26. The second-order valence-electron chi connectivity index (χ2n) is 8.50. The lowest BCUT2D eigenvalue weighted by Crippen LogP contribution is -2.56. The standard InChI is InChI=1S/C15H29N3O5.C4H3FN2O2/c1-8(2)7-9(10(19)13(21)18-23)12(20)17-11(14(22)16-6)15(3,4)5;5-2-1-6-4(9)7-3(2)8/h8-11,19,23H,7H2,1-6H3,(H,16,22)(H,17,20)(H,18,21);1H,(H2,6,7,8,9)/t9-,10+,11-;/m1./s1. The second-order valence-corrected chi connectivity index (χ2v) is 8.50. The number of hydrogen-bond donors (Lipinski definition) is 7. The van der Waals surface area contributed by atoms with Crippen LogP contribution < -0.4 is 27.4 Å². The van der Waals surface area contributed by atoms with E-state index in [2.05, 4.69) is 10.6 Å². The van der Waals surface area contributed by atoms with Gasteiger partial charge in [-0.1, -0.05) is 34.6 Å². The maximum atomic E-state index is 12.5. The molecule has 1 rings (SSSR count). The number of hydroxylamine groups is 1. The van der Waals surface area contributed by atoms with E-state index in [-0.39, 0.29) is 18.2 Å². The van der Waals surface area contributed by atoms with Crippen LogP contribution in [0, 0.1) is 23.1 Å². The Bertz CT molecular complexity index is 891. The van der Waals surface area contributed by atoms with Crippen LogP contribution in [0.2, 0.25) is 0 Å². The summed E-state index contributed by atoms with van der Waals surface area (Å²) >= 11 is 0. The zero-order valence-electron chi connectivity index (χ0n) is 18.9. The summed E-state index contributed by atoms with van der Waals surface area (Å²) in [4.78, 5) is 59.9. The third kappa shape index (κ3) is 9.39. The predicted molar refractivity (Wildman–Crippen MR) is 112 cm³/mol. The van der Waals surface area contributed by atoms with Crippen LogP contribution in [-0.4, -0.2) is 57.2 Å². The number of aromatic nitrogens is 2. The van der Waals surface area contributed by atoms with Gasteiger partial charge in [0.25, 0.3) is 11.5 Å². The first-order valence-corrected chi connectivity index (χ1v) is 9.77. The summed E-state index contributed by atoms with van der Waals surface area (Å²) in [6.07, 6.45) is -0.764. The van der Waals surface area contributed by atoms with Crippen LogP contribution in [0.5, 0.6) is 0 Å². The summed E-state index contributed by atoms with van der Waals surface area (Å²) < 4.78 is 12.0. The number of H-pyrrole nitrogens is 2. The number of aliphatic hydroxyl groups is 1. The Labute approximate surface area is 184 Å². The first-order chi connectivity index (χ1) is 14.6. The van der Waals surface area contributed by atoms with Gasteiger partial charge in [0.2, 0.25) is 17.6 Å². The second kappa shape index (κ2) is 12.7. The van der Waals surface area contributed by atoms with E-state index in [1.807, 2.05) is 18.8 Å². The molecule has 12 nitrogen and oxygen atoms in total. The lowest BCUT2D eigenvalue weighted by molar-refractivity contribution is -0.147. The molecule has 3 amide bonds. The lowest BCUT2D eigenvalue weighted by atomic mass is 9.84.